The van der Waals surface area contributed by atoms with Crippen molar-refractivity contribution in [3.63, 3.8) is 0 Å². The molecule has 0 atom stereocenters. The van der Waals surface area contributed by atoms with Crippen LogP contribution in [0.2, 0.25) is 5.15 Å². The van der Waals surface area contributed by atoms with Crippen molar-refractivity contribution < 1.29 is 9.90 Å². The summed E-state index contributed by atoms with van der Waals surface area (Å²) < 4.78 is 0. The fourth-order valence-corrected chi connectivity index (χ4v) is 2.58. The van der Waals surface area contributed by atoms with Crippen molar-refractivity contribution in [1.82, 2.24) is 9.88 Å². The van der Waals surface area contributed by atoms with Crippen LogP contribution in [0.25, 0.3) is 0 Å². The molecule has 1 aromatic heterocycles. The van der Waals surface area contributed by atoms with Crippen LogP contribution in [0.1, 0.15) is 23.2 Å². The molecule has 5 nitrogen and oxygen atoms in total. The zero-order valence-corrected chi connectivity index (χ0v) is 11.9. The first-order chi connectivity index (χ1) is 8.97. The van der Waals surface area contributed by atoms with Gasteiger partial charge in [-0.2, -0.15) is 0 Å². The summed E-state index contributed by atoms with van der Waals surface area (Å²) in [5.41, 5.74) is 0.185. The van der Waals surface area contributed by atoms with E-state index in [0.29, 0.717) is 11.9 Å². The Morgan fingerprint density at radius 2 is 2.05 bits per heavy atom. The second-order valence-electron chi connectivity index (χ2n) is 5.02. The molecule has 2 rings (SSSR count). The summed E-state index contributed by atoms with van der Waals surface area (Å²) >= 11 is 5.88. The van der Waals surface area contributed by atoms with E-state index in [4.69, 9.17) is 16.7 Å². The molecule has 104 valence electrons. The summed E-state index contributed by atoms with van der Waals surface area (Å²) in [6.07, 6.45) is 2.09. The van der Waals surface area contributed by atoms with E-state index in [2.05, 4.69) is 28.9 Å². The number of halogens is 1. The van der Waals surface area contributed by atoms with E-state index < -0.39 is 5.97 Å². The minimum Gasteiger partial charge on any atom is -0.478 e. The molecule has 1 aromatic rings. The maximum atomic E-state index is 11.0. The number of hydrogen-bond acceptors (Lipinski definition) is 4. The zero-order valence-electron chi connectivity index (χ0n) is 11.1. The highest BCUT2D eigenvalue weighted by molar-refractivity contribution is 6.29. The number of carboxylic acids is 1. The van der Waals surface area contributed by atoms with Crippen LogP contribution < -0.4 is 4.90 Å². The molecule has 1 saturated heterocycles. The van der Waals surface area contributed by atoms with Crippen LogP contribution in [0, 0.1) is 0 Å². The molecule has 1 aliphatic heterocycles. The number of hydrogen-bond donors (Lipinski definition) is 1. The largest absolute Gasteiger partial charge is 0.478 e. The van der Waals surface area contributed by atoms with Gasteiger partial charge in [-0.15, -0.1) is 0 Å². The molecule has 19 heavy (non-hydrogen) atoms. The highest BCUT2D eigenvalue weighted by atomic mass is 35.5. The van der Waals surface area contributed by atoms with Gasteiger partial charge in [0.15, 0.2) is 0 Å². The number of aromatic nitrogens is 1. The number of carbonyl (C=O) groups is 1. The standard InChI is InChI=1S/C13H18ClN3O2/c1-16(2)10-3-5-17(6-4-10)12-8-9(13(18)19)7-11(14)15-12/h7-8,10H,3-6H2,1-2H3,(H,18,19). The van der Waals surface area contributed by atoms with E-state index in [0.717, 1.165) is 25.9 Å². The summed E-state index contributed by atoms with van der Waals surface area (Å²) in [6.45, 7) is 1.74. The fraction of sp³-hybridized carbons (Fsp3) is 0.538. The number of rotatable bonds is 3. The zero-order chi connectivity index (χ0) is 14.0. The third kappa shape index (κ3) is 3.36. The number of nitrogens with zero attached hydrogens (tertiary/aromatic N) is 3. The van der Waals surface area contributed by atoms with E-state index in [1.54, 1.807) is 6.07 Å². The topological polar surface area (TPSA) is 56.7 Å². The van der Waals surface area contributed by atoms with Crippen molar-refractivity contribution in [3.05, 3.63) is 22.8 Å². The van der Waals surface area contributed by atoms with Gasteiger partial charge in [-0.05, 0) is 39.1 Å². The second-order valence-corrected chi connectivity index (χ2v) is 5.41. The molecule has 0 unspecified atom stereocenters. The Balaban J connectivity index is 2.13. The average Bonchev–Trinajstić information content (AvgIpc) is 2.38. The van der Waals surface area contributed by atoms with Crippen molar-refractivity contribution in [2.75, 3.05) is 32.1 Å². The molecule has 0 bridgehead atoms. The highest BCUT2D eigenvalue weighted by Crippen LogP contribution is 2.23. The monoisotopic (exact) mass is 283 g/mol. The first-order valence-electron chi connectivity index (χ1n) is 6.29. The smallest absolute Gasteiger partial charge is 0.335 e. The lowest BCUT2D eigenvalue weighted by molar-refractivity contribution is 0.0696. The average molecular weight is 284 g/mol. The number of pyridine rings is 1. The Labute approximate surface area is 117 Å². The number of carboxylic acid groups (broad SMARTS) is 1. The molecule has 0 spiro atoms. The van der Waals surface area contributed by atoms with Crippen molar-refractivity contribution >= 4 is 23.4 Å². The summed E-state index contributed by atoms with van der Waals surface area (Å²) in [7, 11) is 4.17. The maximum Gasteiger partial charge on any atom is 0.335 e. The van der Waals surface area contributed by atoms with Crippen LogP contribution in [0.3, 0.4) is 0 Å². The van der Waals surface area contributed by atoms with Crippen LogP contribution in [0.5, 0.6) is 0 Å². The minimum atomic E-state index is -0.978. The Morgan fingerprint density at radius 3 is 2.58 bits per heavy atom. The Morgan fingerprint density at radius 1 is 1.42 bits per heavy atom. The van der Waals surface area contributed by atoms with E-state index in [9.17, 15) is 4.79 Å². The van der Waals surface area contributed by atoms with Crippen LogP contribution in [-0.2, 0) is 0 Å². The van der Waals surface area contributed by atoms with Crippen molar-refractivity contribution in [3.8, 4) is 0 Å². The molecule has 1 aliphatic rings. The normalized spacial score (nSPS) is 16.9. The number of aromatic carboxylic acids is 1. The predicted octanol–water partition coefficient (Wildman–Crippen LogP) is 1.96. The number of anilines is 1. The first-order valence-corrected chi connectivity index (χ1v) is 6.67. The highest BCUT2D eigenvalue weighted by Gasteiger charge is 2.22. The molecule has 2 heterocycles. The Bertz CT molecular complexity index is 471. The second kappa shape index (κ2) is 5.75. The number of piperidine rings is 1. The summed E-state index contributed by atoms with van der Waals surface area (Å²) in [5.74, 6) is -0.323. The van der Waals surface area contributed by atoms with E-state index in [1.807, 2.05) is 0 Å². The first kappa shape index (κ1) is 14.1. The molecule has 0 aliphatic carbocycles. The van der Waals surface area contributed by atoms with Crippen molar-refractivity contribution in [1.29, 1.82) is 0 Å². The van der Waals surface area contributed by atoms with Gasteiger partial charge in [-0.1, -0.05) is 11.6 Å². The lowest BCUT2D eigenvalue weighted by Crippen LogP contribution is -2.42. The molecule has 1 N–H and O–H groups in total. The van der Waals surface area contributed by atoms with Gasteiger partial charge in [0.05, 0.1) is 5.56 Å². The van der Waals surface area contributed by atoms with Gasteiger partial charge in [-0.3, -0.25) is 0 Å². The third-order valence-electron chi connectivity index (χ3n) is 3.55. The molecule has 6 heteroatoms. The van der Waals surface area contributed by atoms with Gasteiger partial charge in [0, 0.05) is 19.1 Å². The van der Waals surface area contributed by atoms with E-state index >= 15 is 0 Å². The molecule has 0 amide bonds. The molecule has 1 fully saturated rings. The van der Waals surface area contributed by atoms with Gasteiger partial charge in [-0.25, -0.2) is 9.78 Å². The summed E-state index contributed by atoms with van der Waals surface area (Å²) in [5, 5.41) is 9.26. The fourth-order valence-electron chi connectivity index (χ4n) is 2.38. The third-order valence-corrected chi connectivity index (χ3v) is 3.74. The Hall–Kier alpha value is -1.33. The molecule has 0 aromatic carbocycles. The quantitative estimate of drug-likeness (QED) is 0.860. The van der Waals surface area contributed by atoms with Gasteiger partial charge in [0.25, 0.3) is 0 Å². The van der Waals surface area contributed by atoms with Gasteiger partial charge in [0.2, 0.25) is 0 Å². The molecular weight excluding hydrogens is 266 g/mol. The SMILES string of the molecule is CN(C)C1CCN(c2cc(C(=O)O)cc(Cl)n2)CC1. The molecular formula is C13H18ClN3O2. The van der Waals surface area contributed by atoms with Crippen molar-refractivity contribution in [2.24, 2.45) is 0 Å². The van der Waals surface area contributed by atoms with Gasteiger partial charge >= 0.3 is 5.97 Å². The maximum absolute atomic E-state index is 11.0. The van der Waals surface area contributed by atoms with E-state index in [1.165, 1.54) is 6.07 Å². The Kier molecular flexibility index (Phi) is 4.27. The van der Waals surface area contributed by atoms with Crippen molar-refractivity contribution in [2.45, 2.75) is 18.9 Å². The minimum absolute atomic E-state index is 0.185. The summed E-state index contributed by atoms with van der Waals surface area (Å²) in [6, 6.07) is 3.54. The van der Waals surface area contributed by atoms with Crippen LogP contribution in [-0.4, -0.2) is 54.2 Å². The lowest BCUT2D eigenvalue weighted by atomic mass is 10.0. The lowest BCUT2D eigenvalue weighted by Gasteiger charge is -2.35. The predicted molar refractivity (Wildman–Crippen MR) is 75.1 cm³/mol. The molecule has 0 saturated carbocycles. The van der Waals surface area contributed by atoms with E-state index in [-0.39, 0.29) is 10.7 Å². The van der Waals surface area contributed by atoms with Gasteiger partial charge in [0.1, 0.15) is 11.0 Å². The van der Waals surface area contributed by atoms with Crippen LogP contribution in [0.4, 0.5) is 5.82 Å². The van der Waals surface area contributed by atoms with Crippen LogP contribution >= 0.6 is 11.6 Å². The molecule has 0 radical (unpaired) electrons. The van der Waals surface area contributed by atoms with Gasteiger partial charge < -0.3 is 14.9 Å². The van der Waals surface area contributed by atoms with Crippen LogP contribution in [0.15, 0.2) is 12.1 Å². The summed E-state index contributed by atoms with van der Waals surface area (Å²) in [4.78, 5) is 19.6.